The van der Waals surface area contributed by atoms with Gasteiger partial charge in [0.1, 0.15) is 5.01 Å². The molecular weight excluding hydrogens is 242 g/mol. The van der Waals surface area contributed by atoms with Crippen molar-refractivity contribution in [1.82, 2.24) is 15.2 Å². The summed E-state index contributed by atoms with van der Waals surface area (Å²) in [5, 5.41) is 4.67. The van der Waals surface area contributed by atoms with Gasteiger partial charge in [0.15, 0.2) is 0 Å². The summed E-state index contributed by atoms with van der Waals surface area (Å²) in [5.74, 6) is 0. The van der Waals surface area contributed by atoms with Crippen LogP contribution in [0.15, 0.2) is 6.20 Å². The fraction of sp³-hybridized carbons (Fsp3) is 0.727. The number of halogens is 1. The zero-order chi connectivity index (χ0) is 10.7. The Morgan fingerprint density at radius 1 is 1.62 bits per heavy atom. The molecule has 0 aromatic carbocycles. The van der Waals surface area contributed by atoms with Crippen LogP contribution in [0.5, 0.6) is 0 Å². The van der Waals surface area contributed by atoms with Crippen molar-refractivity contribution >= 4 is 23.7 Å². The topological polar surface area (TPSA) is 28.2 Å². The lowest BCUT2D eigenvalue weighted by molar-refractivity contribution is 0.165. The molecule has 0 saturated carbocycles. The largest absolute Gasteiger partial charge is 0.314 e. The Hall–Kier alpha value is -0.160. The van der Waals surface area contributed by atoms with E-state index in [1.54, 1.807) is 0 Å². The number of nitrogens with one attached hydrogen (secondary N) is 1. The fourth-order valence-electron chi connectivity index (χ4n) is 1.88. The van der Waals surface area contributed by atoms with E-state index < -0.39 is 0 Å². The van der Waals surface area contributed by atoms with Gasteiger partial charge in [-0.2, -0.15) is 0 Å². The van der Waals surface area contributed by atoms with Crippen LogP contribution in [0.3, 0.4) is 0 Å². The van der Waals surface area contributed by atoms with Crippen molar-refractivity contribution in [2.24, 2.45) is 0 Å². The summed E-state index contributed by atoms with van der Waals surface area (Å²) in [7, 11) is 0. The third kappa shape index (κ3) is 3.42. The van der Waals surface area contributed by atoms with Gasteiger partial charge in [0.05, 0.1) is 6.54 Å². The molecule has 0 aliphatic carbocycles. The molecule has 1 saturated heterocycles. The molecule has 1 N–H and O–H groups in total. The summed E-state index contributed by atoms with van der Waals surface area (Å²) in [6, 6.07) is 0.632. The predicted octanol–water partition coefficient (Wildman–Crippen LogP) is 1.92. The Labute approximate surface area is 108 Å². The maximum absolute atomic E-state index is 4.47. The molecule has 5 heteroatoms. The van der Waals surface area contributed by atoms with E-state index in [4.69, 9.17) is 0 Å². The van der Waals surface area contributed by atoms with Gasteiger partial charge >= 0.3 is 0 Å². The Bertz CT molecular complexity index is 316. The first-order valence-electron chi connectivity index (χ1n) is 5.68. The standard InChI is InChI=1S/C11H19N3S.ClH/c1-3-10-7-13-11(15-10)8-14-5-4-12-6-9(14)2;/h7,9,12H,3-6,8H2,1-2H3;1H/t9-;/m1./s1. The van der Waals surface area contributed by atoms with Gasteiger partial charge in [-0.1, -0.05) is 6.92 Å². The van der Waals surface area contributed by atoms with Crippen LogP contribution in [-0.4, -0.2) is 35.6 Å². The first-order chi connectivity index (χ1) is 7.29. The molecule has 1 fully saturated rings. The Kier molecular flexibility index (Phi) is 5.69. The zero-order valence-electron chi connectivity index (χ0n) is 9.90. The van der Waals surface area contributed by atoms with E-state index in [-0.39, 0.29) is 12.4 Å². The highest BCUT2D eigenvalue weighted by molar-refractivity contribution is 7.11. The SMILES string of the molecule is CCc1cnc(CN2CCNC[C@H]2C)s1.Cl. The molecular formula is C11H20ClN3S. The van der Waals surface area contributed by atoms with Gasteiger partial charge in [-0.15, -0.1) is 23.7 Å². The average Bonchev–Trinajstić information content (AvgIpc) is 2.69. The lowest BCUT2D eigenvalue weighted by Gasteiger charge is -2.33. The number of rotatable bonds is 3. The van der Waals surface area contributed by atoms with E-state index in [9.17, 15) is 0 Å². The molecule has 0 unspecified atom stereocenters. The van der Waals surface area contributed by atoms with Crippen molar-refractivity contribution in [3.8, 4) is 0 Å². The molecule has 0 radical (unpaired) electrons. The van der Waals surface area contributed by atoms with E-state index in [0.717, 1.165) is 32.6 Å². The quantitative estimate of drug-likeness (QED) is 0.901. The van der Waals surface area contributed by atoms with E-state index in [1.807, 2.05) is 17.5 Å². The second-order valence-electron chi connectivity index (χ2n) is 4.10. The summed E-state index contributed by atoms with van der Waals surface area (Å²) in [5.41, 5.74) is 0. The number of hydrogen-bond acceptors (Lipinski definition) is 4. The van der Waals surface area contributed by atoms with Gasteiger partial charge < -0.3 is 5.32 Å². The highest BCUT2D eigenvalue weighted by Gasteiger charge is 2.18. The van der Waals surface area contributed by atoms with Gasteiger partial charge in [-0.25, -0.2) is 4.98 Å². The summed E-state index contributed by atoms with van der Waals surface area (Å²) in [6.45, 7) is 8.84. The van der Waals surface area contributed by atoms with Crippen molar-refractivity contribution < 1.29 is 0 Å². The Morgan fingerprint density at radius 2 is 2.44 bits per heavy atom. The second-order valence-corrected chi connectivity index (χ2v) is 5.30. The van der Waals surface area contributed by atoms with Crippen molar-refractivity contribution in [1.29, 1.82) is 0 Å². The van der Waals surface area contributed by atoms with Gasteiger partial charge in [-0.05, 0) is 13.3 Å². The van der Waals surface area contributed by atoms with Gasteiger partial charge in [0, 0.05) is 36.8 Å². The number of hydrogen-bond donors (Lipinski definition) is 1. The number of nitrogens with zero attached hydrogens (tertiary/aromatic N) is 2. The third-order valence-corrected chi connectivity index (χ3v) is 4.05. The first kappa shape index (κ1) is 13.9. The summed E-state index contributed by atoms with van der Waals surface area (Å²) < 4.78 is 0. The Balaban J connectivity index is 0.00000128. The van der Waals surface area contributed by atoms with Gasteiger partial charge in [0.2, 0.25) is 0 Å². The van der Waals surface area contributed by atoms with Crippen molar-refractivity contribution in [3.05, 3.63) is 16.1 Å². The van der Waals surface area contributed by atoms with Crippen LogP contribution in [0.1, 0.15) is 23.7 Å². The molecule has 1 aromatic heterocycles. The first-order valence-corrected chi connectivity index (χ1v) is 6.49. The molecule has 1 aromatic rings. The van der Waals surface area contributed by atoms with Gasteiger partial charge in [0.25, 0.3) is 0 Å². The minimum absolute atomic E-state index is 0. The highest BCUT2D eigenvalue weighted by atomic mass is 35.5. The lowest BCUT2D eigenvalue weighted by atomic mass is 10.2. The summed E-state index contributed by atoms with van der Waals surface area (Å²) >= 11 is 1.86. The number of thiazole rings is 1. The molecule has 2 rings (SSSR count). The van der Waals surface area contributed by atoms with E-state index in [2.05, 4.69) is 29.0 Å². The molecule has 2 heterocycles. The smallest absolute Gasteiger partial charge is 0.107 e. The normalized spacial score (nSPS) is 21.8. The minimum atomic E-state index is 0. The zero-order valence-corrected chi connectivity index (χ0v) is 11.5. The monoisotopic (exact) mass is 261 g/mol. The molecule has 0 bridgehead atoms. The number of aryl methyl sites for hydroxylation is 1. The van der Waals surface area contributed by atoms with E-state index >= 15 is 0 Å². The van der Waals surface area contributed by atoms with Gasteiger partial charge in [-0.3, -0.25) is 4.90 Å². The lowest BCUT2D eigenvalue weighted by Crippen LogP contribution is -2.49. The van der Waals surface area contributed by atoms with Crippen LogP contribution >= 0.6 is 23.7 Å². The highest BCUT2D eigenvalue weighted by Crippen LogP contribution is 2.17. The van der Waals surface area contributed by atoms with Crippen LogP contribution < -0.4 is 5.32 Å². The molecule has 0 spiro atoms. The van der Waals surface area contributed by atoms with Crippen molar-refractivity contribution in [2.75, 3.05) is 19.6 Å². The summed E-state index contributed by atoms with van der Waals surface area (Å²) in [4.78, 5) is 8.38. The minimum Gasteiger partial charge on any atom is -0.314 e. The molecule has 1 atom stereocenters. The third-order valence-electron chi connectivity index (χ3n) is 2.93. The van der Waals surface area contributed by atoms with Crippen LogP contribution in [0, 0.1) is 0 Å². The van der Waals surface area contributed by atoms with Crippen LogP contribution in [0.4, 0.5) is 0 Å². The fourth-order valence-corrected chi connectivity index (χ4v) is 2.76. The molecule has 92 valence electrons. The van der Waals surface area contributed by atoms with Crippen LogP contribution in [0.25, 0.3) is 0 Å². The molecule has 16 heavy (non-hydrogen) atoms. The molecule has 3 nitrogen and oxygen atoms in total. The maximum Gasteiger partial charge on any atom is 0.107 e. The molecule has 1 aliphatic heterocycles. The number of aromatic nitrogens is 1. The van der Waals surface area contributed by atoms with E-state index in [0.29, 0.717) is 6.04 Å². The number of piperazine rings is 1. The average molecular weight is 262 g/mol. The Morgan fingerprint density at radius 3 is 3.06 bits per heavy atom. The maximum atomic E-state index is 4.47. The second kappa shape index (κ2) is 6.55. The van der Waals surface area contributed by atoms with Crippen LogP contribution in [-0.2, 0) is 13.0 Å². The summed E-state index contributed by atoms with van der Waals surface area (Å²) in [6.07, 6.45) is 3.13. The molecule has 0 amide bonds. The predicted molar refractivity (Wildman–Crippen MR) is 71.5 cm³/mol. The molecule has 1 aliphatic rings. The van der Waals surface area contributed by atoms with Crippen molar-refractivity contribution in [2.45, 2.75) is 32.9 Å². The van der Waals surface area contributed by atoms with Crippen LogP contribution in [0.2, 0.25) is 0 Å². The van der Waals surface area contributed by atoms with E-state index in [1.165, 1.54) is 9.88 Å². The van der Waals surface area contributed by atoms with Crippen molar-refractivity contribution in [3.63, 3.8) is 0 Å².